The number of halogens is 1. The molecule has 1 heterocycles. The molecule has 5 heteroatoms. The number of aromatic nitrogens is 1. The van der Waals surface area contributed by atoms with Gasteiger partial charge in [-0.05, 0) is 55.5 Å². The quantitative estimate of drug-likeness (QED) is 0.519. The Morgan fingerprint density at radius 1 is 1.17 bits per heavy atom. The average molecular weight is 422 g/mol. The lowest BCUT2D eigenvalue weighted by Gasteiger charge is -2.20. The number of aryl methyl sites for hydroxylation is 1. The van der Waals surface area contributed by atoms with Gasteiger partial charge in [-0.15, -0.1) is 0 Å². The van der Waals surface area contributed by atoms with Crippen LogP contribution >= 0.6 is 11.6 Å². The molecule has 1 aliphatic rings. The maximum Gasteiger partial charge on any atom is 0.251 e. The van der Waals surface area contributed by atoms with E-state index in [-0.39, 0.29) is 5.91 Å². The van der Waals surface area contributed by atoms with Crippen molar-refractivity contribution in [2.75, 3.05) is 19.6 Å². The number of pyridine rings is 1. The second-order valence-corrected chi connectivity index (χ2v) is 8.28. The standard InChI is InChI=1S/C25H28ClN3O/c1-2-29(17-18-8-4-3-5-9-18)15-7-14-27-25(30)19-12-13-21-23(16-19)28-22-11-6-10-20(22)24(21)26/h3-5,8-9,12-13,16H,2,6-7,10-11,14-15,17H2,1H3,(H,27,30). The highest BCUT2D eigenvalue weighted by molar-refractivity contribution is 6.36. The minimum atomic E-state index is -0.0542. The number of nitrogens with zero attached hydrogens (tertiary/aromatic N) is 2. The molecule has 0 atom stereocenters. The van der Waals surface area contributed by atoms with Gasteiger partial charge in [0, 0.05) is 36.3 Å². The van der Waals surface area contributed by atoms with Gasteiger partial charge >= 0.3 is 0 Å². The maximum absolute atomic E-state index is 12.6. The van der Waals surface area contributed by atoms with Crippen LogP contribution in [0.25, 0.3) is 10.9 Å². The summed E-state index contributed by atoms with van der Waals surface area (Å²) in [6.45, 7) is 5.70. The maximum atomic E-state index is 12.6. The number of amides is 1. The molecule has 30 heavy (non-hydrogen) atoms. The topological polar surface area (TPSA) is 45.2 Å². The Balaban J connectivity index is 1.32. The van der Waals surface area contributed by atoms with E-state index in [1.54, 1.807) is 0 Å². The first-order chi connectivity index (χ1) is 14.7. The Morgan fingerprint density at radius 3 is 2.80 bits per heavy atom. The molecule has 0 bridgehead atoms. The highest BCUT2D eigenvalue weighted by atomic mass is 35.5. The molecular formula is C25H28ClN3O. The predicted molar refractivity (Wildman–Crippen MR) is 123 cm³/mol. The van der Waals surface area contributed by atoms with Crippen LogP contribution in [0, 0.1) is 0 Å². The van der Waals surface area contributed by atoms with Gasteiger partial charge in [0.15, 0.2) is 0 Å². The summed E-state index contributed by atoms with van der Waals surface area (Å²) in [5.74, 6) is -0.0542. The Labute approximate surface area is 183 Å². The average Bonchev–Trinajstić information content (AvgIpc) is 3.25. The molecule has 4 nitrogen and oxygen atoms in total. The molecule has 156 valence electrons. The van der Waals surface area contributed by atoms with E-state index in [0.717, 1.165) is 66.9 Å². The second-order valence-electron chi connectivity index (χ2n) is 7.90. The lowest BCUT2D eigenvalue weighted by molar-refractivity contribution is 0.0951. The minimum Gasteiger partial charge on any atom is -0.352 e. The number of carbonyl (C=O) groups is 1. The molecular weight excluding hydrogens is 394 g/mol. The van der Waals surface area contributed by atoms with Gasteiger partial charge in [-0.1, -0.05) is 54.9 Å². The summed E-state index contributed by atoms with van der Waals surface area (Å²) in [5, 5.41) is 4.79. The Kier molecular flexibility index (Phi) is 6.66. The molecule has 0 fully saturated rings. The van der Waals surface area contributed by atoms with E-state index < -0.39 is 0 Å². The van der Waals surface area contributed by atoms with E-state index in [4.69, 9.17) is 16.6 Å². The third-order valence-electron chi connectivity index (χ3n) is 5.84. The van der Waals surface area contributed by atoms with E-state index >= 15 is 0 Å². The summed E-state index contributed by atoms with van der Waals surface area (Å²) >= 11 is 6.58. The van der Waals surface area contributed by atoms with Crippen LogP contribution in [0.15, 0.2) is 48.5 Å². The predicted octanol–water partition coefficient (Wildman–Crippen LogP) is 5.02. The van der Waals surface area contributed by atoms with Gasteiger partial charge in [0.25, 0.3) is 5.91 Å². The van der Waals surface area contributed by atoms with Crippen molar-refractivity contribution in [3.05, 3.63) is 75.9 Å². The second kappa shape index (κ2) is 9.59. The van der Waals surface area contributed by atoms with Crippen molar-refractivity contribution >= 4 is 28.4 Å². The SMILES string of the molecule is CCN(CCCNC(=O)c1ccc2c(Cl)c3c(nc2c1)CCC3)Cc1ccccc1. The fourth-order valence-electron chi connectivity index (χ4n) is 4.14. The van der Waals surface area contributed by atoms with Crippen LogP contribution in [-0.4, -0.2) is 35.4 Å². The number of carbonyl (C=O) groups excluding carboxylic acids is 1. The molecule has 1 aliphatic carbocycles. The summed E-state index contributed by atoms with van der Waals surface area (Å²) in [4.78, 5) is 19.8. The van der Waals surface area contributed by atoms with Crippen LogP contribution < -0.4 is 5.32 Å². The molecule has 1 N–H and O–H groups in total. The molecule has 1 aromatic heterocycles. The summed E-state index contributed by atoms with van der Waals surface area (Å²) in [5.41, 5.74) is 5.03. The summed E-state index contributed by atoms with van der Waals surface area (Å²) in [6, 6.07) is 16.1. The Hall–Kier alpha value is -2.43. The van der Waals surface area contributed by atoms with Crippen LogP contribution in [-0.2, 0) is 19.4 Å². The van der Waals surface area contributed by atoms with Crippen LogP contribution in [0.2, 0.25) is 5.02 Å². The summed E-state index contributed by atoms with van der Waals surface area (Å²) in [7, 11) is 0. The fraction of sp³-hybridized carbons (Fsp3) is 0.360. The van der Waals surface area contributed by atoms with E-state index in [2.05, 4.69) is 41.4 Å². The van der Waals surface area contributed by atoms with Gasteiger partial charge < -0.3 is 5.32 Å². The number of benzene rings is 2. The normalized spacial score (nSPS) is 13.0. The number of rotatable bonds is 8. The van der Waals surface area contributed by atoms with Gasteiger partial charge in [-0.2, -0.15) is 0 Å². The largest absolute Gasteiger partial charge is 0.352 e. The van der Waals surface area contributed by atoms with Gasteiger partial charge in [0.2, 0.25) is 0 Å². The van der Waals surface area contributed by atoms with Gasteiger partial charge in [-0.3, -0.25) is 14.7 Å². The van der Waals surface area contributed by atoms with E-state index in [1.165, 1.54) is 11.1 Å². The Morgan fingerprint density at radius 2 is 2.00 bits per heavy atom. The molecule has 1 amide bonds. The van der Waals surface area contributed by atoms with E-state index in [1.807, 2.05) is 24.3 Å². The van der Waals surface area contributed by atoms with Gasteiger partial charge in [0.1, 0.15) is 0 Å². The van der Waals surface area contributed by atoms with Gasteiger partial charge in [0.05, 0.1) is 10.5 Å². The van der Waals surface area contributed by atoms with Crippen molar-refractivity contribution < 1.29 is 4.79 Å². The molecule has 3 aromatic rings. The number of hydrogen-bond acceptors (Lipinski definition) is 3. The highest BCUT2D eigenvalue weighted by Crippen LogP contribution is 2.33. The smallest absolute Gasteiger partial charge is 0.251 e. The third-order valence-corrected chi connectivity index (χ3v) is 6.27. The molecule has 2 aromatic carbocycles. The van der Waals surface area contributed by atoms with Gasteiger partial charge in [-0.25, -0.2) is 0 Å². The van der Waals surface area contributed by atoms with E-state index in [0.29, 0.717) is 12.1 Å². The fourth-order valence-corrected chi connectivity index (χ4v) is 4.51. The molecule has 0 spiro atoms. The van der Waals surface area contributed by atoms with Crippen LogP contribution in [0.1, 0.15) is 46.9 Å². The number of nitrogens with one attached hydrogen (secondary N) is 1. The Bertz CT molecular complexity index is 1040. The zero-order valence-corrected chi connectivity index (χ0v) is 18.2. The third kappa shape index (κ3) is 4.66. The van der Waals surface area contributed by atoms with Crippen molar-refractivity contribution in [3.8, 4) is 0 Å². The first-order valence-corrected chi connectivity index (χ1v) is 11.2. The van der Waals surface area contributed by atoms with Crippen molar-refractivity contribution in [2.45, 2.75) is 39.2 Å². The van der Waals surface area contributed by atoms with Crippen molar-refractivity contribution in [3.63, 3.8) is 0 Å². The highest BCUT2D eigenvalue weighted by Gasteiger charge is 2.19. The zero-order chi connectivity index (χ0) is 20.9. The lowest BCUT2D eigenvalue weighted by Crippen LogP contribution is -2.29. The lowest BCUT2D eigenvalue weighted by atomic mass is 10.1. The van der Waals surface area contributed by atoms with Crippen molar-refractivity contribution in [1.82, 2.24) is 15.2 Å². The molecule has 0 saturated heterocycles. The zero-order valence-electron chi connectivity index (χ0n) is 17.5. The molecule has 0 unspecified atom stereocenters. The van der Waals surface area contributed by atoms with E-state index in [9.17, 15) is 4.79 Å². The molecule has 0 radical (unpaired) electrons. The molecule has 0 aliphatic heterocycles. The van der Waals surface area contributed by atoms with Crippen molar-refractivity contribution in [1.29, 1.82) is 0 Å². The molecule has 4 rings (SSSR count). The first-order valence-electron chi connectivity index (χ1n) is 10.8. The molecule has 0 saturated carbocycles. The number of fused-ring (bicyclic) bond motifs is 2. The number of hydrogen-bond donors (Lipinski definition) is 1. The summed E-state index contributed by atoms with van der Waals surface area (Å²) in [6.07, 6.45) is 3.99. The van der Waals surface area contributed by atoms with Crippen LogP contribution in [0.4, 0.5) is 0 Å². The monoisotopic (exact) mass is 421 g/mol. The van der Waals surface area contributed by atoms with Crippen molar-refractivity contribution in [2.24, 2.45) is 0 Å². The minimum absolute atomic E-state index is 0.0542. The first kappa shape index (κ1) is 20.8. The summed E-state index contributed by atoms with van der Waals surface area (Å²) < 4.78 is 0. The van der Waals surface area contributed by atoms with Crippen LogP contribution in [0.5, 0.6) is 0 Å². The van der Waals surface area contributed by atoms with Crippen LogP contribution in [0.3, 0.4) is 0 Å².